The monoisotopic (exact) mass is 456 g/mol. The molecule has 0 bridgehead atoms. The van der Waals surface area contributed by atoms with Gasteiger partial charge in [0.2, 0.25) is 0 Å². The predicted octanol–water partition coefficient (Wildman–Crippen LogP) is 4.46. The molecule has 9 heteroatoms. The van der Waals surface area contributed by atoms with Gasteiger partial charge in [-0.3, -0.25) is 19.7 Å². The highest BCUT2D eigenvalue weighted by atomic mass is 16.6. The first-order valence-corrected chi connectivity index (χ1v) is 10.5. The Kier molecular flexibility index (Phi) is 6.18. The van der Waals surface area contributed by atoms with Crippen molar-refractivity contribution in [2.75, 3.05) is 5.32 Å². The van der Waals surface area contributed by atoms with E-state index in [1.54, 1.807) is 31.2 Å². The van der Waals surface area contributed by atoms with Crippen molar-refractivity contribution in [2.45, 2.75) is 13.5 Å². The van der Waals surface area contributed by atoms with Crippen LogP contribution in [0.25, 0.3) is 22.4 Å². The van der Waals surface area contributed by atoms with Crippen LogP contribution in [0.1, 0.15) is 17.3 Å². The highest BCUT2D eigenvalue weighted by Gasteiger charge is 2.25. The summed E-state index contributed by atoms with van der Waals surface area (Å²) in [6, 6.07) is 21.4. The molecule has 0 fully saturated rings. The van der Waals surface area contributed by atoms with E-state index in [-0.39, 0.29) is 23.5 Å². The van der Waals surface area contributed by atoms with Gasteiger partial charge in [-0.05, 0) is 18.6 Å². The maximum Gasteiger partial charge on any atom is 0.280 e. The van der Waals surface area contributed by atoms with Gasteiger partial charge >= 0.3 is 0 Å². The number of aryl methyl sites for hydroxylation is 1. The maximum absolute atomic E-state index is 13.5. The first-order chi connectivity index (χ1) is 16.4. The van der Waals surface area contributed by atoms with Gasteiger partial charge in [0.15, 0.2) is 0 Å². The molecule has 4 aromatic rings. The van der Waals surface area contributed by atoms with Gasteiger partial charge in [0, 0.05) is 23.7 Å². The minimum atomic E-state index is -0.769. The Bertz CT molecular complexity index is 1430. The van der Waals surface area contributed by atoms with E-state index in [1.807, 2.05) is 36.4 Å². The number of phenolic OH excluding ortho intramolecular Hbond substituents is 1. The molecule has 0 saturated heterocycles. The van der Waals surface area contributed by atoms with Crippen molar-refractivity contribution >= 4 is 17.3 Å². The average molecular weight is 456 g/mol. The molecule has 0 atom stereocenters. The number of amides is 1. The zero-order valence-electron chi connectivity index (χ0n) is 18.1. The van der Waals surface area contributed by atoms with Gasteiger partial charge < -0.3 is 10.4 Å². The molecule has 0 spiro atoms. The molecular formula is C25H20N4O5. The minimum Gasteiger partial charge on any atom is -0.506 e. The van der Waals surface area contributed by atoms with Crippen molar-refractivity contribution in [1.29, 1.82) is 0 Å². The van der Waals surface area contributed by atoms with E-state index in [1.165, 1.54) is 10.7 Å². The minimum absolute atomic E-state index is 0.0601. The molecule has 0 aliphatic carbocycles. The van der Waals surface area contributed by atoms with Crippen LogP contribution in [-0.2, 0) is 6.54 Å². The molecular weight excluding hydrogens is 436 g/mol. The largest absolute Gasteiger partial charge is 0.506 e. The van der Waals surface area contributed by atoms with Crippen molar-refractivity contribution in [1.82, 2.24) is 9.78 Å². The summed E-state index contributed by atoms with van der Waals surface area (Å²) < 4.78 is 1.21. The number of hydrogen-bond donors (Lipinski definition) is 2. The number of rotatable bonds is 6. The number of nitro groups is 1. The number of anilines is 1. The summed E-state index contributed by atoms with van der Waals surface area (Å²) in [6.07, 6.45) is 0. The van der Waals surface area contributed by atoms with Crippen molar-refractivity contribution in [3.63, 3.8) is 0 Å². The lowest BCUT2D eigenvalue weighted by Gasteiger charge is -2.17. The Labute approximate surface area is 194 Å². The van der Waals surface area contributed by atoms with Gasteiger partial charge in [0.05, 0.1) is 22.4 Å². The summed E-state index contributed by atoms with van der Waals surface area (Å²) in [5, 5.41) is 28.2. The second kappa shape index (κ2) is 9.37. The number of aromatic hydroxyl groups is 1. The fourth-order valence-corrected chi connectivity index (χ4v) is 3.60. The van der Waals surface area contributed by atoms with Crippen LogP contribution >= 0.6 is 0 Å². The number of nitro benzene ring substituents is 1. The van der Waals surface area contributed by atoms with Gasteiger partial charge in [0.1, 0.15) is 11.3 Å². The van der Waals surface area contributed by atoms with E-state index in [9.17, 15) is 24.8 Å². The fraction of sp³-hybridized carbons (Fsp3) is 0.0800. The van der Waals surface area contributed by atoms with Crippen molar-refractivity contribution in [3.05, 3.63) is 105 Å². The van der Waals surface area contributed by atoms with Crippen LogP contribution in [0.2, 0.25) is 0 Å². The highest BCUT2D eigenvalue weighted by molar-refractivity contribution is 6.10. The quantitative estimate of drug-likeness (QED) is 0.250. The SMILES string of the molecule is CCn1nc(-c2ccccc2)c(-c2ccccc2)c(C(=O)Nc2ccc([N+](=O)[O-])cc2O)c1=O. The van der Waals surface area contributed by atoms with Gasteiger partial charge in [-0.25, -0.2) is 4.68 Å². The zero-order valence-corrected chi connectivity index (χ0v) is 18.1. The summed E-state index contributed by atoms with van der Waals surface area (Å²) in [5.41, 5.74) is 0.994. The van der Waals surface area contributed by atoms with E-state index in [2.05, 4.69) is 10.4 Å². The number of carbonyl (C=O) groups is 1. The molecule has 9 nitrogen and oxygen atoms in total. The molecule has 0 aliphatic heterocycles. The Morgan fingerprint density at radius 2 is 1.65 bits per heavy atom. The molecule has 34 heavy (non-hydrogen) atoms. The summed E-state index contributed by atoms with van der Waals surface area (Å²) >= 11 is 0. The van der Waals surface area contributed by atoms with E-state index in [4.69, 9.17) is 0 Å². The number of carbonyl (C=O) groups excluding carboxylic acids is 1. The molecule has 0 aliphatic rings. The highest BCUT2D eigenvalue weighted by Crippen LogP contribution is 2.33. The Balaban J connectivity index is 1.93. The number of hydrogen-bond acceptors (Lipinski definition) is 6. The van der Waals surface area contributed by atoms with E-state index < -0.39 is 22.1 Å². The number of nitrogens with one attached hydrogen (secondary N) is 1. The van der Waals surface area contributed by atoms with E-state index >= 15 is 0 Å². The van der Waals surface area contributed by atoms with Crippen molar-refractivity contribution < 1.29 is 14.8 Å². The van der Waals surface area contributed by atoms with Gasteiger partial charge in [0.25, 0.3) is 17.2 Å². The Morgan fingerprint density at radius 1 is 1.03 bits per heavy atom. The second-order valence-electron chi connectivity index (χ2n) is 7.36. The van der Waals surface area contributed by atoms with Crippen LogP contribution < -0.4 is 10.9 Å². The standard InChI is InChI=1S/C25H20N4O5/c1-2-28-25(32)22(24(31)26-19-14-13-18(29(33)34)15-20(19)30)21(16-9-5-3-6-10-16)23(27-28)17-11-7-4-8-12-17/h3-15,30H,2H2,1H3,(H,26,31). The molecule has 4 rings (SSSR count). The van der Waals surface area contributed by atoms with Crippen LogP contribution in [-0.4, -0.2) is 25.7 Å². The molecule has 1 amide bonds. The van der Waals surface area contributed by atoms with Crippen LogP contribution in [0, 0.1) is 10.1 Å². The van der Waals surface area contributed by atoms with Gasteiger partial charge in [-0.2, -0.15) is 5.10 Å². The number of phenols is 1. The lowest BCUT2D eigenvalue weighted by atomic mass is 9.95. The first-order valence-electron chi connectivity index (χ1n) is 10.5. The van der Waals surface area contributed by atoms with Gasteiger partial charge in [-0.15, -0.1) is 0 Å². The molecule has 1 aromatic heterocycles. The molecule has 0 saturated carbocycles. The third kappa shape index (κ3) is 4.26. The summed E-state index contributed by atoms with van der Waals surface area (Å²) in [5.74, 6) is -1.26. The Morgan fingerprint density at radius 3 is 2.21 bits per heavy atom. The molecule has 1 heterocycles. The number of non-ortho nitro benzene ring substituents is 1. The second-order valence-corrected chi connectivity index (χ2v) is 7.36. The Hall–Kier alpha value is -4.79. The first kappa shape index (κ1) is 22.4. The average Bonchev–Trinajstić information content (AvgIpc) is 2.85. The molecule has 2 N–H and O–H groups in total. The number of benzene rings is 3. The van der Waals surface area contributed by atoms with Gasteiger partial charge in [-0.1, -0.05) is 60.7 Å². The predicted molar refractivity (Wildman–Crippen MR) is 128 cm³/mol. The summed E-state index contributed by atoms with van der Waals surface area (Å²) in [7, 11) is 0. The van der Waals surface area contributed by atoms with Crippen molar-refractivity contribution in [2.24, 2.45) is 0 Å². The third-order valence-electron chi connectivity index (χ3n) is 5.23. The topological polar surface area (TPSA) is 127 Å². The van der Waals surface area contributed by atoms with E-state index in [0.717, 1.165) is 17.7 Å². The molecule has 0 radical (unpaired) electrons. The van der Waals surface area contributed by atoms with Crippen LogP contribution in [0.15, 0.2) is 83.7 Å². The normalized spacial score (nSPS) is 10.6. The van der Waals surface area contributed by atoms with Crippen LogP contribution in [0.5, 0.6) is 5.75 Å². The smallest absolute Gasteiger partial charge is 0.280 e. The molecule has 170 valence electrons. The van der Waals surface area contributed by atoms with Crippen molar-refractivity contribution in [3.8, 4) is 28.1 Å². The third-order valence-corrected chi connectivity index (χ3v) is 5.23. The summed E-state index contributed by atoms with van der Waals surface area (Å²) in [4.78, 5) is 37.1. The number of nitrogens with zero attached hydrogens (tertiary/aromatic N) is 3. The maximum atomic E-state index is 13.5. The zero-order chi connectivity index (χ0) is 24.2. The van der Waals surface area contributed by atoms with Crippen LogP contribution in [0.3, 0.4) is 0 Å². The fourth-order valence-electron chi connectivity index (χ4n) is 3.60. The van der Waals surface area contributed by atoms with E-state index in [0.29, 0.717) is 16.8 Å². The number of aromatic nitrogens is 2. The molecule has 0 unspecified atom stereocenters. The summed E-state index contributed by atoms with van der Waals surface area (Å²) in [6.45, 7) is 1.98. The lowest BCUT2D eigenvalue weighted by molar-refractivity contribution is -0.384. The van der Waals surface area contributed by atoms with Crippen LogP contribution in [0.4, 0.5) is 11.4 Å². The molecule has 3 aromatic carbocycles. The lowest BCUT2D eigenvalue weighted by Crippen LogP contribution is -2.32.